The zero-order valence-electron chi connectivity index (χ0n) is 12.2. The van der Waals surface area contributed by atoms with E-state index < -0.39 is 11.8 Å². The number of nitrogens with one attached hydrogen (secondary N) is 2. The Morgan fingerprint density at radius 3 is 2.52 bits per heavy atom. The second-order valence-corrected chi connectivity index (χ2v) is 6.23. The minimum atomic E-state index is -0.832. The largest absolute Gasteiger partial charge is 0.329 e. The van der Waals surface area contributed by atoms with Gasteiger partial charge in [0.1, 0.15) is 0 Å². The van der Waals surface area contributed by atoms with Crippen molar-refractivity contribution in [2.75, 3.05) is 11.6 Å². The summed E-state index contributed by atoms with van der Waals surface area (Å²) in [5.74, 6) is -1.61. The molecule has 23 heavy (non-hydrogen) atoms. The predicted molar refractivity (Wildman–Crippen MR) is 96.7 cm³/mol. The molecule has 2 N–H and O–H groups in total. The van der Waals surface area contributed by atoms with Crippen LogP contribution in [0.3, 0.4) is 0 Å². The van der Waals surface area contributed by atoms with Gasteiger partial charge in [-0.3, -0.25) is 9.59 Å². The topological polar surface area (TPSA) is 70.6 Å². The number of carbonyl (C=O) groups excluding carboxylic acids is 2. The zero-order valence-corrected chi connectivity index (χ0v) is 14.6. The molecule has 2 amide bonds. The van der Waals surface area contributed by atoms with E-state index >= 15 is 0 Å². The third-order valence-corrected chi connectivity index (χ3v) is 4.02. The lowest BCUT2D eigenvalue weighted by Gasteiger charge is -2.04. The molecule has 0 saturated heterocycles. The Hall–Kier alpha value is -2.12. The van der Waals surface area contributed by atoms with Crippen molar-refractivity contribution in [3.05, 3.63) is 58.6 Å². The van der Waals surface area contributed by atoms with E-state index in [0.717, 1.165) is 14.9 Å². The van der Waals surface area contributed by atoms with Gasteiger partial charge in [-0.05, 0) is 42.2 Å². The number of hydrogen-bond donors (Lipinski definition) is 2. The average Bonchev–Trinajstić information content (AvgIpc) is 2.55. The molecule has 0 unspecified atom stereocenters. The van der Waals surface area contributed by atoms with Gasteiger partial charge in [0.05, 0.1) is 6.21 Å². The molecule has 0 radical (unpaired) electrons. The minimum absolute atomic E-state index is 0.524. The second-order valence-electron chi connectivity index (χ2n) is 4.44. The van der Waals surface area contributed by atoms with Gasteiger partial charge in [0.15, 0.2) is 0 Å². The lowest BCUT2D eigenvalue weighted by molar-refractivity contribution is -0.136. The SMILES string of the molecule is CSc1ccc(/C=N\NC(=O)C(=O)Nc2cccc(Br)c2)cc1. The summed E-state index contributed by atoms with van der Waals surface area (Å²) in [4.78, 5) is 24.5. The first-order chi connectivity index (χ1) is 11.1. The molecular formula is C16H14BrN3O2S. The summed E-state index contributed by atoms with van der Waals surface area (Å²) in [7, 11) is 0. The molecule has 0 aliphatic carbocycles. The van der Waals surface area contributed by atoms with Crippen molar-refractivity contribution >= 4 is 51.4 Å². The van der Waals surface area contributed by atoms with Crippen molar-refractivity contribution in [2.24, 2.45) is 5.10 Å². The summed E-state index contributed by atoms with van der Waals surface area (Å²) in [6, 6.07) is 14.6. The highest BCUT2D eigenvalue weighted by molar-refractivity contribution is 9.10. The number of hydrogen-bond acceptors (Lipinski definition) is 4. The van der Waals surface area contributed by atoms with Crippen LogP contribution in [0.5, 0.6) is 0 Å². The fourth-order valence-corrected chi connectivity index (χ4v) is 2.47. The van der Waals surface area contributed by atoms with E-state index in [1.165, 1.54) is 6.21 Å². The maximum absolute atomic E-state index is 11.7. The molecule has 7 heteroatoms. The fraction of sp³-hybridized carbons (Fsp3) is 0.0625. The number of thioether (sulfide) groups is 1. The number of rotatable bonds is 4. The molecule has 0 aromatic heterocycles. The van der Waals surface area contributed by atoms with Gasteiger partial charge in [0.25, 0.3) is 0 Å². The van der Waals surface area contributed by atoms with Crippen LogP contribution >= 0.6 is 27.7 Å². The number of anilines is 1. The minimum Gasteiger partial charge on any atom is -0.318 e. The van der Waals surface area contributed by atoms with Gasteiger partial charge in [-0.2, -0.15) is 5.10 Å². The zero-order chi connectivity index (χ0) is 16.7. The van der Waals surface area contributed by atoms with E-state index in [-0.39, 0.29) is 0 Å². The number of halogens is 1. The van der Waals surface area contributed by atoms with Crippen molar-refractivity contribution in [2.45, 2.75) is 4.90 Å². The van der Waals surface area contributed by atoms with Gasteiger partial charge >= 0.3 is 11.8 Å². The molecule has 2 aromatic carbocycles. The normalized spacial score (nSPS) is 10.5. The number of benzene rings is 2. The van der Waals surface area contributed by atoms with Crippen LogP contribution in [0.1, 0.15) is 5.56 Å². The first-order valence-corrected chi connectivity index (χ1v) is 8.64. The molecule has 0 fully saturated rings. The van der Waals surface area contributed by atoms with E-state index in [1.54, 1.807) is 30.0 Å². The van der Waals surface area contributed by atoms with Gasteiger partial charge in [0, 0.05) is 15.1 Å². The summed E-state index contributed by atoms with van der Waals surface area (Å²) < 4.78 is 0.808. The van der Waals surface area contributed by atoms with E-state index in [2.05, 4.69) is 31.8 Å². The first kappa shape index (κ1) is 17.2. The lowest BCUT2D eigenvalue weighted by atomic mass is 10.2. The van der Waals surface area contributed by atoms with Crippen LogP contribution in [0, 0.1) is 0 Å². The van der Waals surface area contributed by atoms with Gasteiger partial charge in [0.2, 0.25) is 0 Å². The monoisotopic (exact) mass is 391 g/mol. The van der Waals surface area contributed by atoms with Crippen LogP contribution < -0.4 is 10.7 Å². The molecule has 0 bridgehead atoms. The van der Waals surface area contributed by atoms with Crippen molar-refractivity contribution in [3.8, 4) is 0 Å². The number of amides is 2. The van der Waals surface area contributed by atoms with Crippen LogP contribution in [0.25, 0.3) is 0 Å². The Morgan fingerprint density at radius 2 is 1.87 bits per heavy atom. The first-order valence-electron chi connectivity index (χ1n) is 6.62. The second kappa shape index (κ2) is 8.50. The van der Waals surface area contributed by atoms with Crippen LogP contribution in [0.15, 0.2) is 63.0 Å². The van der Waals surface area contributed by atoms with Crippen LogP contribution in [-0.4, -0.2) is 24.3 Å². The highest BCUT2D eigenvalue weighted by Gasteiger charge is 2.12. The summed E-state index contributed by atoms with van der Waals surface area (Å²) in [6.45, 7) is 0. The Morgan fingerprint density at radius 1 is 1.13 bits per heavy atom. The number of carbonyl (C=O) groups is 2. The molecule has 0 aliphatic rings. The summed E-state index contributed by atoms with van der Waals surface area (Å²) in [5.41, 5.74) is 3.55. The Bertz CT molecular complexity index is 732. The molecular weight excluding hydrogens is 378 g/mol. The Labute approximate surface area is 146 Å². The van der Waals surface area contributed by atoms with E-state index in [9.17, 15) is 9.59 Å². The summed E-state index contributed by atoms with van der Waals surface area (Å²) >= 11 is 4.93. The standard InChI is InChI=1S/C16H14BrN3O2S/c1-23-14-7-5-11(6-8-14)10-18-20-16(22)15(21)19-13-4-2-3-12(17)9-13/h2-10H,1H3,(H,19,21)(H,20,22)/b18-10-. The fourth-order valence-electron chi connectivity index (χ4n) is 1.66. The maximum atomic E-state index is 11.7. The van der Waals surface area contributed by atoms with Crippen molar-refractivity contribution in [1.82, 2.24) is 5.43 Å². The highest BCUT2D eigenvalue weighted by Crippen LogP contribution is 2.15. The van der Waals surface area contributed by atoms with Crippen molar-refractivity contribution in [3.63, 3.8) is 0 Å². The molecule has 5 nitrogen and oxygen atoms in total. The predicted octanol–water partition coefficient (Wildman–Crippen LogP) is 3.26. The molecule has 0 heterocycles. The highest BCUT2D eigenvalue weighted by atomic mass is 79.9. The molecule has 0 saturated carbocycles. The molecule has 2 rings (SSSR count). The van der Waals surface area contributed by atoms with Crippen molar-refractivity contribution in [1.29, 1.82) is 0 Å². The smallest absolute Gasteiger partial charge is 0.318 e. The summed E-state index contributed by atoms with van der Waals surface area (Å²) in [6.07, 6.45) is 3.47. The Balaban J connectivity index is 1.88. The van der Waals surface area contributed by atoms with Crippen LogP contribution in [0.4, 0.5) is 5.69 Å². The molecule has 0 spiro atoms. The van der Waals surface area contributed by atoms with Crippen molar-refractivity contribution < 1.29 is 9.59 Å². The van der Waals surface area contributed by atoms with Gasteiger partial charge in [-0.1, -0.05) is 34.1 Å². The quantitative estimate of drug-likeness (QED) is 0.363. The molecule has 0 atom stereocenters. The van der Waals surface area contributed by atoms with E-state index in [1.807, 2.05) is 36.6 Å². The van der Waals surface area contributed by atoms with Crippen LogP contribution in [-0.2, 0) is 9.59 Å². The maximum Gasteiger partial charge on any atom is 0.329 e. The molecule has 2 aromatic rings. The van der Waals surface area contributed by atoms with Gasteiger partial charge in [-0.15, -0.1) is 11.8 Å². The average molecular weight is 392 g/mol. The molecule has 118 valence electrons. The van der Waals surface area contributed by atoms with E-state index in [4.69, 9.17) is 0 Å². The number of hydrazone groups is 1. The third kappa shape index (κ3) is 5.54. The van der Waals surface area contributed by atoms with Gasteiger partial charge < -0.3 is 5.32 Å². The Kier molecular flexibility index (Phi) is 6.37. The van der Waals surface area contributed by atoms with Gasteiger partial charge in [-0.25, -0.2) is 5.43 Å². The van der Waals surface area contributed by atoms with Crippen LogP contribution in [0.2, 0.25) is 0 Å². The third-order valence-electron chi connectivity index (χ3n) is 2.78. The lowest BCUT2D eigenvalue weighted by Crippen LogP contribution is -2.32. The number of nitrogens with zero attached hydrogens (tertiary/aromatic N) is 1. The molecule has 0 aliphatic heterocycles. The summed E-state index contributed by atoms with van der Waals surface area (Å²) in [5, 5.41) is 6.26. The van der Waals surface area contributed by atoms with E-state index in [0.29, 0.717) is 5.69 Å².